The van der Waals surface area contributed by atoms with Crippen molar-refractivity contribution in [2.24, 2.45) is 5.73 Å². The van der Waals surface area contributed by atoms with E-state index in [1.54, 1.807) is 0 Å². The van der Waals surface area contributed by atoms with Gasteiger partial charge < -0.3 is 11.1 Å². The minimum atomic E-state index is -0.0461. The number of amides is 1. The van der Waals surface area contributed by atoms with Gasteiger partial charge in [0.2, 0.25) is 5.91 Å². The first-order chi connectivity index (χ1) is 6.70. The van der Waals surface area contributed by atoms with E-state index in [1.165, 1.54) is 0 Å². The van der Waals surface area contributed by atoms with E-state index in [1.807, 2.05) is 0 Å². The molecule has 2 rings (SSSR count). The fourth-order valence-electron chi connectivity index (χ4n) is 1.35. The molecule has 0 unspecified atom stereocenters. The van der Waals surface area contributed by atoms with Gasteiger partial charge in [0, 0.05) is 12.0 Å². The van der Waals surface area contributed by atoms with Crippen molar-refractivity contribution >= 4 is 23.3 Å². The van der Waals surface area contributed by atoms with E-state index in [2.05, 4.69) is 15.3 Å². The number of hydrogen-bond acceptors (Lipinski definition) is 4. The zero-order valence-electron chi connectivity index (χ0n) is 7.38. The average molecular weight is 213 g/mol. The Morgan fingerprint density at radius 2 is 2.21 bits per heavy atom. The van der Waals surface area contributed by atoms with Crippen molar-refractivity contribution in [1.29, 1.82) is 0 Å². The van der Waals surface area contributed by atoms with Crippen molar-refractivity contribution in [3.63, 3.8) is 0 Å². The molecule has 0 saturated heterocycles. The van der Waals surface area contributed by atoms with Gasteiger partial charge in [0.05, 0.1) is 6.54 Å². The highest BCUT2D eigenvalue weighted by Gasteiger charge is 2.20. The van der Waals surface area contributed by atoms with Gasteiger partial charge in [-0.25, -0.2) is 9.97 Å². The second-order valence-electron chi connectivity index (χ2n) is 3.01. The summed E-state index contributed by atoms with van der Waals surface area (Å²) in [7, 11) is 0. The number of halogens is 1. The predicted octanol–water partition coefficient (Wildman–Crippen LogP) is 0.473. The standard InChI is InChI=1S/C8H9ClN4O/c9-7-4-1-2-6(14)13-8(4)12-5(3-10)11-7/h1-3,10H2,(H,11,12,13,14). The van der Waals surface area contributed by atoms with E-state index in [-0.39, 0.29) is 12.5 Å². The van der Waals surface area contributed by atoms with Crippen molar-refractivity contribution in [3.8, 4) is 0 Å². The minimum Gasteiger partial charge on any atom is -0.324 e. The molecule has 3 N–H and O–H groups in total. The summed E-state index contributed by atoms with van der Waals surface area (Å²) in [5.74, 6) is 0.896. The fraction of sp³-hybridized carbons (Fsp3) is 0.375. The summed E-state index contributed by atoms with van der Waals surface area (Å²) in [5, 5.41) is 3.03. The van der Waals surface area contributed by atoms with Crippen LogP contribution in [0.1, 0.15) is 17.8 Å². The number of carbonyl (C=O) groups is 1. The Balaban J connectivity index is 2.48. The number of carbonyl (C=O) groups excluding carboxylic acids is 1. The Bertz CT molecular complexity index is 393. The summed E-state index contributed by atoms with van der Waals surface area (Å²) in [6, 6.07) is 0. The molecule has 0 atom stereocenters. The van der Waals surface area contributed by atoms with Gasteiger partial charge >= 0.3 is 0 Å². The second-order valence-corrected chi connectivity index (χ2v) is 3.37. The molecule has 6 heteroatoms. The SMILES string of the molecule is NCc1nc(Cl)c2c(n1)NC(=O)CC2. The van der Waals surface area contributed by atoms with Crippen LogP contribution in [-0.2, 0) is 17.8 Å². The van der Waals surface area contributed by atoms with Crippen LogP contribution in [0.5, 0.6) is 0 Å². The molecule has 1 aromatic heterocycles. The molecule has 14 heavy (non-hydrogen) atoms. The smallest absolute Gasteiger partial charge is 0.225 e. The second kappa shape index (κ2) is 3.51. The molecule has 1 amide bonds. The molecule has 0 bridgehead atoms. The quantitative estimate of drug-likeness (QED) is 0.664. The van der Waals surface area contributed by atoms with Crippen molar-refractivity contribution < 1.29 is 4.79 Å². The molecule has 1 aliphatic heterocycles. The lowest BCUT2D eigenvalue weighted by Gasteiger charge is -2.16. The van der Waals surface area contributed by atoms with Crippen molar-refractivity contribution in [3.05, 3.63) is 16.5 Å². The molecule has 0 aromatic carbocycles. The maximum atomic E-state index is 11.1. The van der Waals surface area contributed by atoms with Crippen LogP contribution in [0.4, 0.5) is 5.82 Å². The van der Waals surface area contributed by atoms with Crippen LogP contribution in [0, 0.1) is 0 Å². The van der Waals surface area contributed by atoms with Crippen LogP contribution in [0.3, 0.4) is 0 Å². The van der Waals surface area contributed by atoms with Gasteiger partial charge in [-0.3, -0.25) is 4.79 Å². The van der Waals surface area contributed by atoms with Crippen molar-refractivity contribution in [2.75, 3.05) is 5.32 Å². The Morgan fingerprint density at radius 1 is 1.43 bits per heavy atom. The third kappa shape index (κ3) is 1.56. The summed E-state index contributed by atoms with van der Waals surface area (Å²) in [6.45, 7) is 0.211. The number of nitrogens with one attached hydrogen (secondary N) is 1. The molecule has 0 fully saturated rings. The molecular formula is C8H9ClN4O. The summed E-state index contributed by atoms with van der Waals surface area (Å²) in [4.78, 5) is 19.2. The van der Waals surface area contributed by atoms with Crippen LogP contribution in [0.25, 0.3) is 0 Å². The predicted molar refractivity (Wildman–Crippen MR) is 51.9 cm³/mol. The highest BCUT2D eigenvalue weighted by Crippen LogP contribution is 2.25. The first-order valence-corrected chi connectivity index (χ1v) is 4.63. The molecule has 0 spiro atoms. The van der Waals surface area contributed by atoms with E-state index < -0.39 is 0 Å². The van der Waals surface area contributed by atoms with Gasteiger partial charge in [0.25, 0.3) is 0 Å². The Hall–Kier alpha value is -1.20. The molecule has 1 aliphatic rings. The number of hydrogen-bond donors (Lipinski definition) is 2. The highest BCUT2D eigenvalue weighted by atomic mass is 35.5. The first-order valence-electron chi connectivity index (χ1n) is 4.26. The van der Waals surface area contributed by atoms with Crippen LogP contribution >= 0.6 is 11.6 Å². The van der Waals surface area contributed by atoms with Gasteiger partial charge in [-0.05, 0) is 6.42 Å². The molecule has 0 aliphatic carbocycles. The van der Waals surface area contributed by atoms with Gasteiger partial charge in [-0.15, -0.1) is 0 Å². The van der Waals surface area contributed by atoms with E-state index in [4.69, 9.17) is 17.3 Å². The number of nitrogens with two attached hydrogens (primary N) is 1. The highest BCUT2D eigenvalue weighted by molar-refractivity contribution is 6.30. The molecular weight excluding hydrogens is 204 g/mol. The zero-order valence-corrected chi connectivity index (χ0v) is 8.14. The third-order valence-electron chi connectivity index (χ3n) is 2.05. The van der Waals surface area contributed by atoms with E-state index in [9.17, 15) is 4.79 Å². The maximum Gasteiger partial charge on any atom is 0.225 e. The van der Waals surface area contributed by atoms with E-state index in [0.29, 0.717) is 29.6 Å². The number of nitrogens with zero attached hydrogens (tertiary/aromatic N) is 2. The molecule has 0 radical (unpaired) electrons. The lowest BCUT2D eigenvalue weighted by atomic mass is 10.1. The molecule has 74 valence electrons. The summed E-state index contributed by atoms with van der Waals surface area (Å²) in [5.41, 5.74) is 6.19. The summed E-state index contributed by atoms with van der Waals surface area (Å²) in [6.07, 6.45) is 1.02. The Labute approximate surface area is 85.7 Å². The molecule has 1 aromatic rings. The molecule has 5 nitrogen and oxygen atoms in total. The number of aromatic nitrogens is 2. The number of fused-ring (bicyclic) bond motifs is 1. The van der Waals surface area contributed by atoms with Gasteiger partial charge in [-0.1, -0.05) is 11.6 Å². The topological polar surface area (TPSA) is 80.9 Å². The third-order valence-corrected chi connectivity index (χ3v) is 2.36. The largest absolute Gasteiger partial charge is 0.324 e. The minimum absolute atomic E-state index is 0.0461. The zero-order chi connectivity index (χ0) is 10.1. The van der Waals surface area contributed by atoms with Crippen LogP contribution in [0.2, 0.25) is 5.15 Å². The fourth-order valence-corrected chi connectivity index (χ4v) is 1.63. The first kappa shape index (κ1) is 9.36. The van der Waals surface area contributed by atoms with Crippen LogP contribution in [0.15, 0.2) is 0 Å². The number of rotatable bonds is 1. The normalized spacial score (nSPS) is 14.9. The van der Waals surface area contributed by atoms with E-state index in [0.717, 1.165) is 5.56 Å². The monoisotopic (exact) mass is 212 g/mol. The lowest BCUT2D eigenvalue weighted by Crippen LogP contribution is -2.22. The average Bonchev–Trinajstić information content (AvgIpc) is 2.16. The summed E-state index contributed by atoms with van der Waals surface area (Å²) < 4.78 is 0. The number of anilines is 1. The Kier molecular flexibility index (Phi) is 2.35. The molecule has 0 saturated carbocycles. The van der Waals surface area contributed by atoms with Crippen molar-refractivity contribution in [1.82, 2.24) is 9.97 Å². The Morgan fingerprint density at radius 3 is 2.93 bits per heavy atom. The summed E-state index contributed by atoms with van der Waals surface area (Å²) >= 11 is 5.92. The van der Waals surface area contributed by atoms with Gasteiger partial charge in [0.15, 0.2) is 0 Å². The van der Waals surface area contributed by atoms with Gasteiger partial charge in [-0.2, -0.15) is 0 Å². The van der Waals surface area contributed by atoms with Gasteiger partial charge in [0.1, 0.15) is 16.8 Å². The van der Waals surface area contributed by atoms with E-state index >= 15 is 0 Å². The molecule has 2 heterocycles. The van der Waals surface area contributed by atoms with Crippen LogP contribution < -0.4 is 11.1 Å². The maximum absolute atomic E-state index is 11.1. The van der Waals surface area contributed by atoms with Crippen molar-refractivity contribution in [2.45, 2.75) is 19.4 Å². The van der Waals surface area contributed by atoms with Crippen LogP contribution in [-0.4, -0.2) is 15.9 Å². The lowest BCUT2D eigenvalue weighted by molar-refractivity contribution is -0.116.